The highest BCUT2D eigenvalue weighted by atomic mass is 32.2. The Labute approximate surface area is 62.5 Å². The summed E-state index contributed by atoms with van der Waals surface area (Å²) < 4.78 is 0. The van der Waals surface area contributed by atoms with Crippen LogP contribution in [0.4, 0.5) is 0 Å². The number of amides is 1. The first-order valence-electron chi connectivity index (χ1n) is 2.89. The summed E-state index contributed by atoms with van der Waals surface area (Å²) in [5, 5.41) is 8.54. The van der Waals surface area contributed by atoms with Gasteiger partial charge in [0.1, 0.15) is 0 Å². The van der Waals surface area contributed by atoms with Crippen molar-refractivity contribution in [1.29, 1.82) is 0 Å². The quantitative estimate of drug-likeness (QED) is 0.561. The molecule has 4 nitrogen and oxygen atoms in total. The van der Waals surface area contributed by atoms with Gasteiger partial charge < -0.3 is 10.8 Å². The minimum atomic E-state index is -0.245. The Hall–Kier alpha value is -0.550. The molecule has 0 aliphatic carbocycles. The van der Waals surface area contributed by atoms with Gasteiger partial charge in [-0.2, -0.15) is 4.99 Å². The third kappa shape index (κ3) is 1.48. The van der Waals surface area contributed by atoms with Crippen molar-refractivity contribution in [3.63, 3.8) is 0 Å². The van der Waals surface area contributed by atoms with Crippen molar-refractivity contribution in [2.45, 2.75) is 11.7 Å². The number of hydrogen-bond donors (Lipinski definition) is 2. The van der Waals surface area contributed by atoms with Crippen LogP contribution in [-0.2, 0) is 4.79 Å². The normalized spacial score (nSPS) is 25.1. The van der Waals surface area contributed by atoms with E-state index in [9.17, 15) is 4.79 Å². The fourth-order valence-electron chi connectivity index (χ4n) is 0.703. The number of thioether (sulfide) groups is 1. The highest BCUT2D eigenvalue weighted by Crippen LogP contribution is 2.21. The molecule has 0 radical (unpaired) electrons. The topological polar surface area (TPSA) is 75.7 Å². The number of aliphatic imine (C=N–C) groups is 1. The zero-order valence-electron chi connectivity index (χ0n) is 5.28. The second-order valence-electron chi connectivity index (χ2n) is 1.91. The van der Waals surface area contributed by atoms with Gasteiger partial charge >= 0.3 is 0 Å². The lowest BCUT2D eigenvalue weighted by molar-refractivity contribution is -0.117. The predicted molar refractivity (Wildman–Crippen MR) is 39.7 cm³/mol. The number of carbonyl (C=O) groups is 1. The van der Waals surface area contributed by atoms with Crippen LogP contribution in [0, 0.1) is 0 Å². The first kappa shape index (κ1) is 7.56. The maximum atomic E-state index is 10.8. The number of nitrogens with zero attached hydrogens (tertiary/aromatic N) is 1. The van der Waals surface area contributed by atoms with Crippen LogP contribution in [0.3, 0.4) is 0 Å². The van der Waals surface area contributed by atoms with Crippen molar-refractivity contribution in [2.24, 2.45) is 10.7 Å². The van der Waals surface area contributed by atoms with Gasteiger partial charge in [0, 0.05) is 6.61 Å². The van der Waals surface area contributed by atoms with Gasteiger partial charge in [0.25, 0.3) is 5.91 Å². The zero-order chi connectivity index (χ0) is 7.56. The second kappa shape index (κ2) is 3.03. The minimum Gasteiger partial charge on any atom is -0.396 e. The van der Waals surface area contributed by atoms with Crippen LogP contribution in [0.25, 0.3) is 0 Å². The van der Waals surface area contributed by atoms with Gasteiger partial charge in [0.15, 0.2) is 5.17 Å². The second-order valence-corrected chi connectivity index (χ2v) is 3.13. The fourth-order valence-corrected chi connectivity index (χ4v) is 1.51. The predicted octanol–water partition coefficient (Wildman–Crippen LogP) is -0.674. The molecular weight excluding hydrogens is 152 g/mol. The molecule has 0 saturated heterocycles. The van der Waals surface area contributed by atoms with Gasteiger partial charge in [-0.3, -0.25) is 4.79 Å². The molecule has 10 heavy (non-hydrogen) atoms. The lowest BCUT2D eigenvalue weighted by Gasteiger charge is -2.00. The Kier molecular flexibility index (Phi) is 2.29. The van der Waals surface area contributed by atoms with Gasteiger partial charge in [-0.25, -0.2) is 0 Å². The summed E-state index contributed by atoms with van der Waals surface area (Å²) in [6.07, 6.45) is 0.438. The van der Waals surface area contributed by atoms with E-state index in [0.717, 1.165) is 0 Å². The Bertz CT molecular complexity index is 180. The van der Waals surface area contributed by atoms with Crippen molar-refractivity contribution in [3.8, 4) is 0 Å². The highest BCUT2D eigenvalue weighted by Gasteiger charge is 2.25. The summed E-state index contributed by atoms with van der Waals surface area (Å²) in [7, 11) is 0. The number of aliphatic hydroxyl groups excluding tert-OH is 1. The molecule has 0 spiro atoms. The summed E-state index contributed by atoms with van der Waals surface area (Å²) in [6.45, 7) is 0.00616. The number of rotatable bonds is 2. The van der Waals surface area contributed by atoms with E-state index in [2.05, 4.69) is 4.99 Å². The van der Waals surface area contributed by atoms with Crippen molar-refractivity contribution < 1.29 is 9.90 Å². The molecule has 3 N–H and O–H groups in total. The van der Waals surface area contributed by atoms with E-state index in [1.807, 2.05) is 0 Å². The number of aliphatic hydroxyl groups is 1. The molecule has 5 heteroatoms. The number of carbonyl (C=O) groups excluding carboxylic acids is 1. The van der Waals surface area contributed by atoms with Crippen LogP contribution in [-0.4, -0.2) is 28.0 Å². The first-order valence-corrected chi connectivity index (χ1v) is 3.77. The van der Waals surface area contributed by atoms with E-state index in [1.165, 1.54) is 11.8 Å². The van der Waals surface area contributed by atoms with E-state index >= 15 is 0 Å². The van der Waals surface area contributed by atoms with Crippen molar-refractivity contribution in [1.82, 2.24) is 0 Å². The lowest BCUT2D eigenvalue weighted by Crippen LogP contribution is -2.12. The smallest absolute Gasteiger partial charge is 0.261 e. The average Bonchev–Trinajstić information content (AvgIpc) is 2.13. The van der Waals surface area contributed by atoms with E-state index in [4.69, 9.17) is 10.8 Å². The van der Waals surface area contributed by atoms with Gasteiger partial charge in [-0.15, -0.1) is 0 Å². The largest absolute Gasteiger partial charge is 0.396 e. The molecule has 1 heterocycles. The molecular formula is C5H8N2O2S. The molecule has 0 saturated carbocycles. The molecule has 56 valence electrons. The monoisotopic (exact) mass is 160 g/mol. The van der Waals surface area contributed by atoms with Gasteiger partial charge in [0.05, 0.1) is 5.25 Å². The summed E-state index contributed by atoms with van der Waals surface area (Å²) in [6, 6.07) is 0. The molecule has 1 aliphatic heterocycles. The van der Waals surface area contributed by atoms with Crippen LogP contribution in [0.5, 0.6) is 0 Å². The minimum absolute atomic E-state index is 0.00616. The Balaban J connectivity index is 2.47. The van der Waals surface area contributed by atoms with E-state index in [-0.39, 0.29) is 17.8 Å². The van der Waals surface area contributed by atoms with Crippen LogP contribution in [0.15, 0.2) is 4.99 Å². The first-order chi connectivity index (χ1) is 4.74. The average molecular weight is 160 g/mol. The Morgan fingerprint density at radius 3 is 2.90 bits per heavy atom. The molecule has 0 aromatic heterocycles. The number of nitrogens with two attached hydrogens (primary N) is 1. The maximum absolute atomic E-state index is 10.8. The lowest BCUT2D eigenvalue weighted by atomic mass is 10.3. The third-order valence-electron chi connectivity index (χ3n) is 1.15. The fraction of sp³-hybridized carbons (Fsp3) is 0.600. The van der Waals surface area contributed by atoms with Crippen molar-refractivity contribution in [3.05, 3.63) is 0 Å². The number of hydrogen-bond acceptors (Lipinski definition) is 4. The molecule has 1 aliphatic rings. The highest BCUT2D eigenvalue weighted by molar-refractivity contribution is 8.15. The van der Waals surface area contributed by atoms with Gasteiger partial charge in [-0.1, -0.05) is 11.8 Å². The van der Waals surface area contributed by atoms with Crippen LogP contribution in [0.1, 0.15) is 6.42 Å². The number of amidine groups is 1. The molecule has 0 aromatic rings. The Morgan fingerprint density at radius 2 is 2.50 bits per heavy atom. The van der Waals surface area contributed by atoms with Gasteiger partial charge in [0.2, 0.25) is 0 Å². The van der Waals surface area contributed by atoms with Crippen LogP contribution in [0.2, 0.25) is 0 Å². The summed E-state index contributed by atoms with van der Waals surface area (Å²) >= 11 is 1.22. The van der Waals surface area contributed by atoms with E-state index in [0.29, 0.717) is 11.6 Å². The molecule has 1 atom stereocenters. The SMILES string of the molecule is NC1=NC(=O)[C@@H](CCO)S1. The molecule has 0 unspecified atom stereocenters. The van der Waals surface area contributed by atoms with Crippen LogP contribution < -0.4 is 5.73 Å². The molecule has 0 fully saturated rings. The van der Waals surface area contributed by atoms with Crippen LogP contribution >= 0.6 is 11.8 Å². The van der Waals surface area contributed by atoms with Gasteiger partial charge in [-0.05, 0) is 6.42 Å². The van der Waals surface area contributed by atoms with E-state index in [1.54, 1.807) is 0 Å². The Morgan fingerprint density at radius 1 is 1.80 bits per heavy atom. The van der Waals surface area contributed by atoms with E-state index < -0.39 is 0 Å². The summed E-state index contributed by atoms with van der Waals surface area (Å²) in [5.74, 6) is -0.225. The molecule has 1 rings (SSSR count). The summed E-state index contributed by atoms with van der Waals surface area (Å²) in [4.78, 5) is 14.3. The summed E-state index contributed by atoms with van der Waals surface area (Å²) in [5.41, 5.74) is 5.26. The van der Waals surface area contributed by atoms with Crippen molar-refractivity contribution >= 4 is 22.8 Å². The third-order valence-corrected chi connectivity index (χ3v) is 2.20. The maximum Gasteiger partial charge on any atom is 0.261 e. The molecule has 1 amide bonds. The zero-order valence-corrected chi connectivity index (χ0v) is 6.10. The van der Waals surface area contributed by atoms with Crippen molar-refractivity contribution in [2.75, 3.05) is 6.61 Å². The standard InChI is InChI=1S/C5H8N2O2S/c6-5-7-4(9)3(10-5)1-2-8/h3,8H,1-2H2,(H2,6,7,9)/t3-/m1/s1. The molecule has 0 bridgehead atoms. The molecule has 0 aromatic carbocycles.